The lowest BCUT2D eigenvalue weighted by Crippen LogP contribution is -2.48. The first kappa shape index (κ1) is 16.5. The predicted molar refractivity (Wildman–Crippen MR) is 69.6 cm³/mol. The van der Waals surface area contributed by atoms with E-state index < -0.39 is 41.3 Å². The fourth-order valence-corrected chi connectivity index (χ4v) is 2.42. The minimum Gasteiger partial charge on any atom is -0.379 e. The van der Waals surface area contributed by atoms with E-state index in [0.717, 1.165) is 23.1 Å². The first-order valence-corrected chi connectivity index (χ1v) is 6.45. The van der Waals surface area contributed by atoms with Crippen molar-refractivity contribution in [3.63, 3.8) is 0 Å². The summed E-state index contributed by atoms with van der Waals surface area (Å²) in [6, 6.07) is 3.13. The normalized spacial score (nSPS) is 22.0. The van der Waals surface area contributed by atoms with Crippen molar-refractivity contribution in [1.29, 1.82) is 0 Å². The van der Waals surface area contributed by atoms with Gasteiger partial charge in [0.05, 0.1) is 11.5 Å². The smallest absolute Gasteiger partial charge is 0.379 e. The molecule has 1 aromatic rings. The molecule has 1 aromatic carbocycles. The van der Waals surface area contributed by atoms with Crippen LogP contribution >= 0.6 is 11.6 Å². The molecule has 1 saturated heterocycles. The lowest BCUT2D eigenvalue weighted by atomic mass is 10.0. The number of β-amino-alcohol motifs (C(OH)–C–C–N with tert-alkyl or cyclic N) is 1. The molecule has 6 nitrogen and oxygen atoms in total. The maximum atomic E-state index is 12.7. The Morgan fingerprint density at radius 2 is 2.09 bits per heavy atom. The molecule has 1 atom stereocenters. The zero-order valence-electron chi connectivity index (χ0n) is 10.9. The number of aliphatic hydroxyl groups is 1. The minimum atomic E-state index is -4.84. The van der Waals surface area contributed by atoms with Gasteiger partial charge in [-0.2, -0.15) is 13.2 Å². The molecule has 1 aliphatic rings. The topological polar surface area (TPSA) is 83.7 Å². The highest BCUT2D eigenvalue weighted by molar-refractivity contribution is 6.33. The number of nitro benzene ring substituents is 1. The van der Waals surface area contributed by atoms with Crippen LogP contribution in [0.25, 0.3) is 0 Å². The summed E-state index contributed by atoms with van der Waals surface area (Å²) in [5.74, 6) is -0.781. The fourth-order valence-electron chi connectivity index (χ4n) is 2.17. The van der Waals surface area contributed by atoms with E-state index in [0.29, 0.717) is 0 Å². The number of amides is 1. The van der Waals surface area contributed by atoms with Crippen LogP contribution in [0.2, 0.25) is 5.02 Å². The highest BCUT2D eigenvalue weighted by Crippen LogP contribution is 2.38. The molecule has 1 heterocycles. The number of benzene rings is 1. The summed E-state index contributed by atoms with van der Waals surface area (Å²) in [5, 5.41) is 19.9. The van der Waals surface area contributed by atoms with E-state index in [9.17, 15) is 33.2 Å². The molecule has 0 bridgehead atoms. The molecular weight excluding hydrogens is 329 g/mol. The summed E-state index contributed by atoms with van der Waals surface area (Å²) < 4.78 is 38.1. The van der Waals surface area contributed by atoms with E-state index in [2.05, 4.69) is 0 Å². The molecule has 10 heteroatoms. The Morgan fingerprint density at radius 1 is 1.45 bits per heavy atom. The third kappa shape index (κ3) is 2.86. The standard InChI is InChI=1S/C12H10ClF3N2O4/c13-8-5-7(1-2-9(8)18(21)22)10(19)17-4-3-11(20,6-17)12(14,15)16/h1-2,5,20H,3-4,6H2/t11-/m0/s1. The molecule has 0 saturated carbocycles. The first-order chi connectivity index (χ1) is 10.0. The van der Waals surface area contributed by atoms with Gasteiger partial charge < -0.3 is 10.0 Å². The van der Waals surface area contributed by atoms with Crippen LogP contribution in [-0.4, -0.2) is 45.7 Å². The molecule has 0 aromatic heterocycles. The minimum absolute atomic E-state index is 0.0815. The Bertz CT molecular complexity index is 637. The molecule has 0 spiro atoms. The van der Waals surface area contributed by atoms with Crippen molar-refractivity contribution in [2.75, 3.05) is 13.1 Å². The number of rotatable bonds is 2. The van der Waals surface area contributed by atoms with Crippen molar-refractivity contribution in [3.8, 4) is 0 Å². The second-order valence-electron chi connectivity index (χ2n) is 4.93. The average molecular weight is 339 g/mol. The van der Waals surface area contributed by atoms with Crippen LogP contribution in [-0.2, 0) is 0 Å². The van der Waals surface area contributed by atoms with Gasteiger partial charge in [0.25, 0.3) is 11.6 Å². The van der Waals surface area contributed by atoms with Gasteiger partial charge in [0.1, 0.15) is 5.02 Å². The summed E-state index contributed by atoms with van der Waals surface area (Å²) in [6.45, 7) is -1.16. The van der Waals surface area contributed by atoms with Crippen LogP contribution < -0.4 is 0 Å². The largest absolute Gasteiger partial charge is 0.419 e. The molecule has 1 fully saturated rings. The van der Waals surface area contributed by atoms with E-state index in [1.165, 1.54) is 0 Å². The number of carbonyl (C=O) groups excluding carboxylic acids is 1. The molecule has 1 aliphatic heterocycles. The van der Waals surface area contributed by atoms with Gasteiger partial charge >= 0.3 is 6.18 Å². The second-order valence-corrected chi connectivity index (χ2v) is 5.34. The van der Waals surface area contributed by atoms with Crippen molar-refractivity contribution in [2.45, 2.75) is 18.2 Å². The van der Waals surface area contributed by atoms with E-state index in [1.54, 1.807) is 0 Å². The van der Waals surface area contributed by atoms with Gasteiger partial charge in [-0.3, -0.25) is 14.9 Å². The third-order valence-electron chi connectivity index (χ3n) is 3.45. The summed E-state index contributed by atoms with van der Waals surface area (Å²) >= 11 is 5.66. The molecule has 1 N–H and O–H groups in total. The molecule has 0 aliphatic carbocycles. The lowest BCUT2D eigenvalue weighted by molar-refractivity contribution is -0.384. The van der Waals surface area contributed by atoms with Crippen LogP contribution in [0, 0.1) is 10.1 Å². The molecule has 22 heavy (non-hydrogen) atoms. The highest BCUT2D eigenvalue weighted by Gasteiger charge is 2.57. The molecule has 1 amide bonds. The number of hydrogen-bond donors (Lipinski definition) is 1. The number of carbonyl (C=O) groups is 1. The first-order valence-electron chi connectivity index (χ1n) is 6.07. The van der Waals surface area contributed by atoms with Crippen molar-refractivity contribution in [1.82, 2.24) is 4.90 Å². The van der Waals surface area contributed by atoms with Gasteiger partial charge in [-0.1, -0.05) is 11.6 Å². The van der Waals surface area contributed by atoms with E-state index >= 15 is 0 Å². The molecule has 0 unspecified atom stereocenters. The zero-order valence-corrected chi connectivity index (χ0v) is 11.7. The van der Waals surface area contributed by atoms with Crippen molar-refractivity contribution < 1.29 is 28.0 Å². The van der Waals surface area contributed by atoms with Gasteiger partial charge in [0.2, 0.25) is 0 Å². The van der Waals surface area contributed by atoms with Gasteiger partial charge in [-0.25, -0.2) is 0 Å². The maximum Gasteiger partial charge on any atom is 0.419 e. The van der Waals surface area contributed by atoms with Crippen molar-refractivity contribution in [3.05, 3.63) is 38.9 Å². The van der Waals surface area contributed by atoms with Crippen molar-refractivity contribution in [2.24, 2.45) is 0 Å². The Labute approximate surface area is 127 Å². The molecule has 2 rings (SSSR count). The number of alkyl halides is 3. The van der Waals surface area contributed by atoms with E-state index in [-0.39, 0.29) is 17.1 Å². The maximum absolute atomic E-state index is 12.7. The number of likely N-dealkylation sites (tertiary alicyclic amines) is 1. The summed E-state index contributed by atoms with van der Waals surface area (Å²) in [7, 11) is 0. The zero-order chi connectivity index (χ0) is 16.7. The van der Waals surface area contributed by atoms with Gasteiger partial charge in [-0.15, -0.1) is 0 Å². The van der Waals surface area contributed by atoms with Crippen LogP contribution in [0.1, 0.15) is 16.8 Å². The Kier molecular flexibility index (Phi) is 4.05. The Balaban J connectivity index is 2.20. The summed E-state index contributed by atoms with van der Waals surface area (Å²) in [4.78, 5) is 22.8. The van der Waals surface area contributed by atoms with Crippen LogP contribution in [0.5, 0.6) is 0 Å². The average Bonchev–Trinajstić information content (AvgIpc) is 2.81. The van der Waals surface area contributed by atoms with E-state index in [1.807, 2.05) is 0 Å². The number of nitro groups is 1. The quantitative estimate of drug-likeness (QED) is 0.663. The van der Waals surface area contributed by atoms with Crippen LogP contribution in [0.4, 0.5) is 18.9 Å². The Morgan fingerprint density at radius 3 is 2.55 bits per heavy atom. The van der Waals surface area contributed by atoms with Gasteiger partial charge in [-0.05, 0) is 12.1 Å². The highest BCUT2D eigenvalue weighted by atomic mass is 35.5. The lowest BCUT2D eigenvalue weighted by Gasteiger charge is -2.25. The van der Waals surface area contributed by atoms with Crippen LogP contribution in [0.3, 0.4) is 0 Å². The van der Waals surface area contributed by atoms with Crippen molar-refractivity contribution >= 4 is 23.2 Å². The van der Waals surface area contributed by atoms with Gasteiger partial charge in [0, 0.05) is 24.6 Å². The summed E-state index contributed by atoms with van der Waals surface area (Å²) in [6.07, 6.45) is -5.46. The molecule has 0 radical (unpaired) electrons. The molecule has 120 valence electrons. The predicted octanol–water partition coefficient (Wildman–Crippen LogP) is 2.39. The number of hydrogen-bond acceptors (Lipinski definition) is 4. The summed E-state index contributed by atoms with van der Waals surface area (Å²) in [5.41, 5.74) is -3.43. The second kappa shape index (κ2) is 5.40. The van der Waals surface area contributed by atoms with Crippen LogP contribution in [0.15, 0.2) is 18.2 Å². The third-order valence-corrected chi connectivity index (χ3v) is 3.76. The van der Waals surface area contributed by atoms with Gasteiger partial charge in [0.15, 0.2) is 5.60 Å². The monoisotopic (exact) mass is 338 g/mol. The number of halogens is 4. The molecular formula is C12H10ClF3N2O4. The van der Waals surface area contributed by atoms with E-state index in [4.69, 9.17) is 11.6 Å². The number of nitrogens with zero attached hydrogens (tertiary/aromatic N) is 2. The fraction of sp³-hybridized carbons (Fsp3) is 0.417. The SMILES string of the molecule is O=C(c1ccc([N+](=O)[O-])c(Cl)c1)N1CC[C@@](O)(C(F)(F)F)C1. The Hall–Kier alpha value is -1.87.